The number of nitrogens with two attached hydrogens (primary N) is 2. The Bertz CT molecular complexity index is 490. The predicted octanol–water partition coefficient (Wildman–Crippen LogP) is -0.292. The van der Waals surface area contributed by atoms with Gasteiger partial charge in [0, 0.05) is 0 Å². The second-order valence-electron chi connectivity index (χ2n) is 2.23. The molecule has 64 valence electrons. The maximum atomic E-state index is 9.07. The fourth-order valence-corrected chi connectivity index (χ4v) is 0.903. The molecule has 0 aromatic carbocycles. The van der Waals surface area contributed by atoms with E-state index in [4.69, 9.17) is 30.9 Å². The molecule has 12 heavy (non-hydrogen) atoms. The monoisotopic (exact) mass is 170 g/mol. The third-order valence-electron chi connectivity index (χ3n) is 1.49. The zero-order valence-corrected chi connectivity index (χ0v) is 5.87. The van der Waals surface area contributed by atoms with Gasteiger partial charge in [0.05, 0.1) is 0 Å². The van der Waals surface area contributed by atoms with E-state index < -0.39 is 5.68 Å². The van der Waals surface area contributed by atoms with Crippen LogP contribution in [0.1, 0.15) is 0 Å². The average molecular weight is 170 g/mol. The molecule has 0 unspecified atom stereocenters. The van der Waals surface area contributed by atoms with Crippen molar-refractivity contribution in [2.24, 2.45) is 0 Å². The van der Waals surface area contributed by atoms with Crippen LogP contribution in [-0.4, -0.2) is 9.94 Å². The van der Waals surface area contributed by atoms with Gasteiger partial charge >= 0.3 is 5.68 Å². The van der Waals surface area contributed by atoms with E-state index in [1.165, 1.54) is 0 Å². The lowest BCUT2D eigenvalue weighted by atomic mass is 10.5. The van der Waals surface area contributed by atoms with Crippen LogP contribution in [0.3, 0.4) is 0 Å². The number of anilines is 2. The molecule has 2 rings (SSSR count). The molecule has 2 aromatic rings. The first-order valence-electron chi connectivity index (χ1n) is 3.04. The molecule has 0 atom stereocenters. The average Bonchev–Trinajstić information content (AvgIpc) is 2.43. The van der Waals surface area contributed by atoms with Gasteiger partial charge in [-0.3, -0.25) is 0 Å². The number of nitrogen functional groups attached to an aromatic ring is 2. The minimum atomic E-state index is -0.463. The van der Waals surface area contributed by atoms with Crippen molar-refractivity contribution >= 4 is 22.9 Å². The van der Waals surface area contributed by atoms with Crippen molar-refractivity contribution in [2.75, 3.05) is 11.5 Å². The molecule has 6 N–H and O–H groups in total. The Labute approximate surface area is 65.2 Å². The summed E-state index contributed by atoms with van der Waals surface area (Å²) in [6.07, 6.45) is 0. The molecule has 0 saturated carbocycles. The highest BCUT2D eigenvalue weighted by Crippen LogP contribution is 2.28. The van der Waals surface area contributed by atoms with E-state index in [1.54, 1.807) is 0 Å². The Morgan fingerprint density at radius 1 is 1.33 bits per heavy atom. The highest BCUT2D eigenvalue weighted by atomic mass is 16.5. The van der Waals surface area contributed by atoms with Gasteiger partial charge in [-0.25, -0.2) is 5.41 Å². The number of hydrogen-bond acceptors (Lipinski definition) is 6. The standard InChI is InChI=1S/C5H6N4O3/c6-1-2-4(12-3(1)7)9(10)5(8)11-2/h8,10H,6-7H2. The highest BCUT2D eigenvalue weighted by Gasteiger charge is 2.17. The van der Waals surface area contributed by atoms with Crippen molar-refractivity contribution in [3.63, 3.8) is 0 Å². The van der Waals surface area contributed by atoms with Crippen LogP contribution in [-0.2, 0) is 0 Å². The molecule has 0 aliphatic rings. The van der Waals surface area contributed by atoms with E-state index in [0.717, 1.165) is 0 Å². The fourth-order valence-electron chi connectivity index (χ4n) is 0.903. The Morgan fingerprint density at radius 3 is 2.58 bits per heavy atom. The number of hydrogen-bond donors (Lipinski definition) is 4. The smallest absolute Gasteiger partial charge is 0.331 e. The lowest BCUT2D eigenvalue weighted by Gasteiger charge is -1.85. The molecule has 0 saturated heterocycles. The van der Waals surface area contributed by atoms with E-state index in [9.17, 15) is 0 Å². The Morgan fingerprint density at radius 2 is 2.00 bits per heavy atom. The van der Waals surface area contributed by atoms with Gasteiger partial charge in [0.25, 0.3) is 5.71 Å². The van der Waals surface area contributed by atoms with Crippen molar-refractivity contribution < 1.29 is 14.0 Å². The van der Waals surface area contributed by atoms with Crippen LogP contribution in [0, 0.1) is 5.41 Å². The van der Waals surface area contributed by atoms with Gasteiger partial charge in [0.15, 0.2) is 0 Å². The maximum Gasteiger partial charge on any atom is 0.331 e. The minimum absolute atomic E-state index is 0.0356. The van der Waals surface area contributed by atoms with Crippen LogP contribution in [0.4, 0.5) is 11.6 Å². The second-order valence-corrected chi connectivity index (χ2v) is 2.23. The van der Waals surface area contributed by atoms with Crippen LogP contribution in [0.15, 0.2) is 8.83 Å². The van der Waals surface area contributed by atoms with Gasteiger partial charge < -0.3 is 25.5 Å². The molecular weight excluding hydrogens is 164 g/mol. The van der Waals surface area contributed by atoms with Crippen LogP contribution in [0.25, 0.3) is 11.3 Å². The van der Waals surface area contributed by atoms with E-state index in [1.807, 2.05) is 0 Å². The van der Waals surface area contributed by atoms with E-state index in [0.29, 0.717) is 4.73 Å². The minimum Gasteiger partial charge on any atom is -0.421 e. The van der Waals surface area contributed by atoms with Crippen LogP contribution in [0.2, 0.25) is 0 Å². The third kappa shape index (κ3) is 0.570. The van der Waals surface area contributed by atoms with Crippen molar-refractivity contribution in [3.8, 4) is 0 Å². The number of fused-ring (bicyclic) bond motifs is 1. The molecule has 0 radical (unpaired) electrons. The normalized spacial score (nSPS) is 11.0. The molecule has 2 aromatic heterocycles. The summed E-state index contributed by atoms with van der Waals surface area (Å²) < 4.78 is 9.95. The van der Waals surface area contributed by atoms with Crippen molar-refractivity contribution in [1.29, 1.82) is 5.41 Å². The van der Waals surface area contributed by atoms with Gasteiger partial charge in [-0.2, -0.15) is 0 Å². The van der Waals surface area contributed by atoms with Crippen LogP contribution < -0.4 is 17.2 Å². The molecule has 0 fully saturated rings. The highest BCUT2D eigenvalue weighted by molar-refractivity contribution is 5.88. The first-order chi connectivity index (χ1) is 5.61. The van der Waals surface area contributed by atoms with Crippen LogP contribution in [0.5, 0.6) is 0 Å². The SMILES string of the molecule is N=c1oc2c(N)c(N)oc2n1O. The molecule has 0 aliphatic heterocycles. The molecule has 7 nitrogen and oxygen atoms in total. The number of nitrogens with zero attached hydrogens (tertiary/aromatic N) is 1. The Hall–Kier alpha value is -2.05. The quantitative estimate of drug-likeness (QED) is 0.404. The molecule has 2 heterocycles. The molecule has 7 heteroatoms. The Kier molecular flexibility index (Phi) is 0.972. The van der Waals surface area contributed by atoms with Crippen LogP contribution >= 0.6 is 0 Å². The van der Waals surface area contributed by atoms with Gasteiger partial charge in [-0.05, 0) is 0 Å². The molecule has 0 amide bonds. The number of aromatic nitrogens is 1. The predicted molar refractivity (Wildman–Crippen MR) is 38.3 cm³/mol. The number of oxazole rings is 1. The molecular formula is C5H6N4O3. The molecule has 0 spiro atoms. The third-order valence-corrected chi connectivity index (χ3v) is 1.49. The van der Waals surface area contributed by atoms with Gasteiger partial charge in [-0.1, -0.05) is 4.73 Å². The summed E-state index contributed by atoms with van der Waals surface area (Å²) in [5.41, 5.74) is 10.3. The largest absolute Gasteiger partial charge is 0.421 e. The molecule has 0 bridgehead atoms. The van der Waals surface area contributed by atoms with E-state index in [-0.39, 0.29) is 22.9 Å². The van der Waals surface area contributed by atoms with Crippen molar-refractivity contribution in [2.45, 2.75) is 0 Å². The summed E-state index contributed by atoms with van der Waals surface area (Å²) >= 11 is 0. The van der Waals surface area contributed by atoms with E-state index >= 15 is 0 Å². The first-order valence-corrected chi connectivity index (χ1v) is 3.04. The van der Waals surface area contributed by atoms with Gasteiger partial charge in [0.1, 0.15) is 5.69 Å². The summed E-state index contributed by atoms with van der Waals surface area (Å²) in [7, 11) is 0. The zero-order chi connectivity index (χ0) is 8.88. The molecule has 0 aliphatic carbocycles. The van der Waals surface area contributed by atoms with E-state index in [2.05, 4.69) is 0 Å². The van der Waals surface area contributed by atoms with Gasteiger partial charge in [0.2, 0.25) is 11.5 Å². The lowest BCUT2D eigenvalue weighted by Crippen LogP contribution is -2.10. The summed E-state index contributed by atoms with van der Waals surface area (Å²) in [4.78, 5) is 0. The first kappa shape index (κ1) is 6.65. The summed E-state index contributed by atoms with van der Waals surface area (Å²) in [5, 5.41) is 16.1. The summed E-state index contributed by atoms with van der Waals surface area (Å²) in [6.45, 7) is 0. The second kappa shape index (κ2) is 1.76. The maximum absolute atomic E-state index is 9.07. The lowest BCUT2D eigenvalue weighted by molar-refractivity contribution is 0.156. The van der Waals surface area contributed by atoms with Crippen molar-refractivity contribution in [3.05, 3.63) is 5.68 Å². The topological polar surface area (TPSA) is 127 Å². The van der Waals surface area contributed by atoms with Gasteiger partial charge in [-0.15, -0.1) is 0 Å². The Balaban J connectivity index is 3.03. The number of furan rings is 1. The summed E-state index contributed by atoms with van der Waals surface area (Å²) in [6, 6.07) is 0. The fraction of sp³-hybridized carbons (Fsp3) is 0. The number of rotatable bonds is 0. The summed E-state index contributed by atoms with van der Waals surface area (Å²) in [5.74, 6) is -0.0356. The zero-order valence-electron chi connectivity index (χ0n) is 5.87. The number of nitrogens with one attached hydrogen (secondary N) is 1. The van der Waals surface area contributed by atoms with Crippen molar-refractivity contribution in [1.82, 2.24) is 4.73 Å².